The highest BCUT2D eigenvalue weighted by Crippen LogP contribution is 2.26. The molecule has 0 aromatic heterocycles. The second-order valence-electron chi connectivity index (χ2n) is 5.48. The van der Waals surface area contributed by atoms with Crippen LogP contribution in [-0.2, 0) is 5.41 Å². The Morgan fingerprint density at radius 1 is 1.38 bits per heavy atom. The first-order chi connectivity index (χ1) is 10.0. The summed E-state index contributed by atoms with van der Waals surface area (Å²) in [5.74, 6) is 1.69. The molecule has 116 valence electrons. The molecule has 0 radical (unpaired) electrons. The van der Waals surface area contributed by atoms with E-state index >= 15 is 0 Å². The lowest BCUT2D eigenvalue weighted by molar-refractivity contribution is 0.412. The minimum Gasteiger partial charge on any atom is -0.497 e. The first-order valence-electron chi connectivity index (χ1n) is 7.31. The van der Waals surface area contributed by atoms with Gasteiger partial charge in [-0.3, -0.25) is 4.99 Å². The number of aliphatic imine (C=N–C) groups is 1. The van der Waals surface area contributed by atoms with E-state index in [0.29, 0.717) is 13.1 Å². The predicted molar refractivity (Wildman–Crippen MR) is 90.2 cm³/mol. The first-order valence-corrected chi connectivity index (χ1v) is 7.31. The van der Waals surface area contributed by atoms with E-state index in [-0.39, 0.29) is 5.41 Å². The number of nitrogens with one attached hydrogen (secondary N) is 2. The van der Waals surface area contributed by atoms with Gasteiger partial charge in [-0.15, -0.1) is 6.58 Å². The Bertz CT molecular complexity index is 481. The van der Waals surface area contributed by atoms with Gasteiger partial charge in [0.2, 0.25) is 0 Å². The van der Waals surface area contributed by atoms with Crippen molar-refractivity contribution in [1.29, 1.82) is 0 Å². The van der Waals surface area contributed by atoms with Crippen molar-refractivity contribution in [3.63, 3.8) is 0 Å². The van der Waals surface area contributed by atoms with Crippen LogP contribution in [0.1, 0.15) is 26.3 Å². The zero-order valence-corrected chi connectivity index (χ0v) is 13.6. The summed E-state index contributed by atoms with van der Waals surface area (Å²) in [5, 5.41) is 6.44. The lowest BCUT2D eigenvalue weighted by Crippen LogP contribution is -2.38. The van der Waals surface area contributed by atoms with E-state index in [1.807, 2.05) is 18.2 Å². The zero-order valence-electron chi connectivity index (χ0n) is 13.6. The number of benzene rings is 1. The Kier molecular flexibility index (Phi) is 6.79. The molecular weight excluding hydrogens is 262 g/mol. The van der Waals surface area contributed by atoms with E-state index in [2.05, 4.69) is 55.1 Å². The Morgan fingerprint density at radius 3 is 2.76 bits per heavy atom. The van der Waals surface area contributed by atoms with Gasteiger partial charge < -0.3 is 15.4 Å². The van der Waals surface area contributed by atoms with Crippen LogP contribution in [0.25, 0.3) is 0 Å². The number of hydrogen-bond acceptors (Lipinski definition) is 2. The van der Waals surface area contributed by atoms with Crippen LogP contribution in [0.3, 0.4) is 0 Å². The molecule has 0 aliphatic rings. The van der Waals surface area contributed by atoms with Gasteiger partial charge >= 0.3 is 0 Å². The van der Waals surface area contributed by atoms with Crippen LogP contribution in [0.4, 0.5) is 0 Å². The van der Waals surface area contributed by atoms with Crippen LogP contribution >= 0.6 is 0 Å². The smallest absolute Gasteiger partial charge is 0.191 e. The Hall–Kier alpha value is -1.97. The SMILES string of the molecule is C=CCNC(=NCC(C)(C)c1cccc(OC)c1)NCC. The minimum atomic E-state index is -0.0644. The van der Waals surface area contributed by atoms with Crippen LogP contribution in [0.5, 0.6) is 5.75 Å². The molecule has 0 heterocycles. The number of guanidine groups is 1. The quantitative estimate of drug-likeness (QED) is 0.461. The molecule has 0 fully saturated rings. The van der Waals surface area contributed by atoms with Crippen LogP contribution in [0.15, 0.2) is 41.9 Å². The second-order valence-corrected chi connectivity index (χ2v) is 5.48. The van der Waals surface area contributed by atoms with Crippen molar-refractivity contribution in [1.82, 2.24) is 10.6 Å². The van der Waals surface area contributed by atoms with Crippen molar-refractivity contribution in [3.05, 3.63) is 42.5 Å². The van der Waals surface area contributed by atoms with Gasteiger partial charge in [0, 0.05) is 18.5 Å². The molecule has 0 aliphatic carbocycles. The predicted octanol–water partition coefficient (Wildman–Crippen LogP) is 2.71. The van der Waals surface area contributed by atoms with Crippen LogP contribution in [-0.4, -0.2) is 32.7 Å². The maximum Gasteiger partial charge on any atom is 0.191 e. The fraction of sp³-hybridized carbons (Fsp3) is 0.471. The molecular formula is C17H27N3O. The van der Waals surface area contributed by atoms with Crippen molar-refractivity contribution >= 4 is 5.96 Å². The highest BCUT2D eigenvalue weighted by atomic mass is 16.5. The second kappa shape index (κ2) is 8.35. The summed E-state index contributed by atoms with van der Waals surface area (Å²) in [6, 6.07) is 8.15. The lowest BCUT2D eigenvalue weighted by Gasteiger charge is -2.24. The third kappa shape index (κ3) is 5.50. The Morgan fingerprint density at radius 2 is 2.14 bits per heavy atom. The molecule has 0 saturated heterocycles. The molecule has 1 aromatic rings. The van der Waals surface area contributed by atoms with Gasteiger partial charge in [0.25, 0.3) is 0 Å². The molecule has 4 nitrogen and oxygen atoms in total. The molecule has 0 saturated carbocycles. The van der Waals surface area contributed by atoms with Crippen molar-refractivity contribution < 1.29 is 4.74 Å². The average Bonchev–Trinajstić information content (AvgIpc) is 2.50. The van der Waals surface area contributed by atoms with E-state index in [1.165, 1.54) is 5.56 Å². The van der Waals surface area contributed by atoms with Crippen LogP contribution < -0.4 is 15.4 Å². The molecule has 1 aromatic carbocycles. The summed E-state index contributed by atoms with van der Waals surface area (Å²) in [7, 11) is 1.69. The normalized spacial score (nSPS) is 11.9. The van der Waals surface area contributed by atoms with Crippen LogP contribution in [0.2, 0.25) is 0 Å². The molecule has 1 rings (SSSR count). The van der Waals surface area contributed by atoms with Gasteiger partial charge in [0.15, 0.2) is 5.96 Å². The molecule has 0 spiro atoms. The third-order valence-corrected chi connectivity index (χ3v) is 3.24. The van der Waals surface area contributed by atoms with Crippen LogP contribution in [0, 0.1) is 0 Å². The van der Waals surface area contributed by atoms with Gasteiger partial charge in [0.05, 0.1) is 13.7 Å². The summed E-state index contributed by atoms with van der Waals surface area (Å²) in [6.07, 6.45) is 1.82. The van der Waals surface area contributed by atoms with Crippen molar-refractivity contribution in [2.24, 2.45) is 4.99 Å². The largest absolute Gasteiger partial charge is 0.497 e. The third-order valence-electron chi connectivity index (χ3n) is 3.24. The fourth-order valence-corrected chi connectivity index (χ4v) is 1.92. The van der Waals surface area contributed by atoms with E-state index < -0.39 is 0 Å². The number of methoxy groups -OCH3 is 1. The number of nitrogens with zero attached hydrogens (tertiary/aromatic N) is 1. The fourth-order valence-electron chi connectivity index (χ4n) is 1.92. The van der Waals surface area contributed by atoms with Crippen molar-refractivity contribution in [2.45, 2.75) is 26.2 Å². The standard InChI is InChI=1S/C17H27N3O/c1-6-11-19-16(18-7-2)20-13-17(3,4)14-9-8-10-15(12-14)21-5/h6,8-10,12H,1,7,11,13H2,2-5H3,(H2,18,19,20). The molecule has 21 heavy (non-hydrogen) atoms. The van der Waals surface area contributed by atoms with Gasteiger partial charge in [-0.2, -0.15) is 0 Å². The number of ether oxygens (including phenoxy) is 1. The minimum absolute atomic E-state index is 0.0644. The molecule has 0 unspecified atom stereocenters. The summed E-state index contributed by atoms with van der Waals surface area (Å²) >= 11 is 0. The van der Waals surface area contributed by atoms with E-state index in [0.717, 1.165) is 18.3 Å². The Balaban J connectivity index is 2.83. The van der Waals surface area contributed by atoms with Gasteiger partial charge in [-0.05, 0) is 24.6 Å². The van der Waals surface area contributed by atoms with Gasteiger partial charge in [0.1, 0.15) is 5.75 Å². The zero-order chi connectivity index (χ0) is 15.7. The lowest BCUT2D eigenvalue weighted by atomic mass is 9.85. The molecule has 0 bridgehead atoms. The molecule has 0 atom stereocenters. The van der Waals surface area contributed by atoms with Crippen molar-refractivity contribution in [3.8, 4) is 5.75 Å². The van der Waals surface area contributed by atoms with E-state index in [4.69, 9.17) is 4.74 Å². The highest BCUT2D eigenvalue weighted by Gasteiger charge is 2.21. The molecule has 0 amide bonds. The average molecular weight is 289 g/mol. The highest BCUT2D eigenvalue weighted by molar-refractivity contribution is 5.79. The summed E-state index contributed by atoms with van der Waals surface area (Å²) in [6.45, 7) is 12.4. The van der Waals surface area contributed by atoms with Crippen molar-refractivity contribution in [2.75, 3.05) is 26.7 Å². The molecule has 2 N–H and O–H groups in total. The van der Waals surface area contributed by atoms with E-state index in [9.17, 15) is 0 Å². The summed E-state index contributed by atoms with van der Waals surface area (Å²) < 4.78 is 5.30. The van der Waals surface area contributed by atoms with E-state index in [1.54, 1.807) is 7.11 Å². The Labute approximate surface area is 128 Å². The maximum absolute atomic E-state index is 5.30. The number of rotatable bonds is 7. The monoisotopic (exact) mass is 289 g/mol. The number of hydrogen-bond donors (Lipinski definition) is 2. The maximum atomic E-state index is 5.30. The molecule has 4 heteroatoms. The van der Waals surface area contributed by atoms with Gasteiger partial charge in [-0.1, -0.05) is 32.1 Å². The summed E-state index contributed by atoms with van der Waals surface area (Å²) in [5.41, 5.74) is 1.15. The topological polar surface area (TPSA) is 45.7 Å². The summed E-state index contributed by atoms with van der Waals surface area (Å²) in [4.78, 5) is 4.66. The molecule has 0 aliphatic heterocycles. The first kappa shape index (κ1) is 17.1. The van der Waals surface area contributed by atoms with Gasteiger partial charge in [-0.25, -0.2) is 0 Å².